The SMILES string of the molecule is COc1cc(CC(=O)N2CCCC2CNc2ccc(C(=O)O)nc2)ccc1NC(=O)Nc1ccccc1Cl. The molecule has 3 amide bonds. The number of halogens is 1. The number of carbonyl (C=O) groups is 3. The number of methoxy groups -OCH3 is 1. The van der Waals surface area contributed by atoms with Crippen LogP contribution in [0.3, 0.4) is 0 Å². The highest BCUT2D eigenvalue weighted by Crippen LogP contribution is 2.28. The van der Waals surface area contributed by atoms with Gasteiger partial charge < -0.3 is 30.7 Å². The number of pyridine rings is 1. The topological polar surface area (TPSA) is 133 Å². The lowest BCUT2D eigenvalue weighted by Gasteiger charge is -2.25. The molecule has 1 aliphatic heterocycles. The molecule has 11 heteroatoms. The molecule has 1 saturated heterocycles. The van der Waals surface area contributed by atoms with Gasteiger partial charge in [-0.05, 0) is 54.8 Å². The van der Waals surface area contributed by atoms with E-state index in [2.05, 4.69) is 20.9 Å². The van der Waals surface area contributed by atoms with Gasteiger partial charge in [0.25, 0.3) is 0 Å². The molecule has 38 heavy (non-hydrogen) atoms. The van der Waals surface area contributed by atoms with Crippen molar-refractivity contribution in [3.05, 3.63) is 77.1 Å². The maximum atomic E-state index is 13.1. The van der Waals surface area contributed by atoms with E-state index < -0.39 is 12.0 Å². The number of rotatable bonds is 9. The molecule has 1 atom stereocenters. The Labute approximate surface area is 225 Å². The van der Waals surface area contributed by atoms with Crippen molar-refractivity contribution in [3.63, 3.8) is 0 Å². The molecule has 1 unspecified atom stereocenters. The van der Waals surface area contributed by atoms with E-state index in [1.165, 1.54) is 19.4 Å². The summed E-state index contributed by atoms with van der Waals surface area (Å²) in [7, 11) is 1.50. The number of carbonyl (C=O) groups excluding carboxylic acids is 2. The predicted molar refractivity (Wildman–Crippen MR) is 145 cm³/mol. The number of hydrogen-bond acceptors (Lipinski definition) is 6. The van der Waals surface area contributed by atoms with Gasteiger partial charge in [0, 0.05) is 19.1 Å². The zero-order valence-corrected chi connectivity index (χ0v) is 21.5. The molecular formula is C27H28ClN5O5. The molecule has 198 valence electrons. The second-order valence-corrected chi connectivity index (χ2v) is 9.18. The van der Waals surface area contributed by atoms with Crippen LogP contribution < -0.4 is 20.7 Å². The molecule has 0 saturated carbocycles. The molecule has 10 nitrogen and oxygen atoms in total. The third-order valence-electron chi connectivity index (χ3n) is 6.21. The molecule has 1 aliphatic rings. The van der Waals surface area contributed by atoms with Gasteiger partial charge in [-0.2, -0.15) is 0 Å². The third kappa shape index (κ3) is 6.71. The number of aromatic carboxylic acids is 1. The Bertz CT molecular complexity index is 1320. The highest BCUT2D eigenvalue weighted by Gasteiger charge is 2.28. The summed E-state index contributed by atoms with van der Waals surface area (Å²) in [5, 5.41) is 18.1. The molecule has 2 heterocycles. The molecule has 2 aromatic carbocycles. The molecular weight excluding hydrogens is 510 g/mol. The maximum absolute atomic E-state index is 13.1. The van der Waals surface area contributed by atoms with Gasteiger partial charge in [0.1, 0.15) is 11.4 Å². The van der Waals surface area contributed by atoms with Crippen molar-refractivity contribution < 1.29 is 24.2 Å². The Morgan fingerprint density at radius 1 is 1.11 bits per heavy atom. The van der Waals surface area contributed by atoms with Crippen molar-refractivity contribution >= 4 is 46.6 Å². The van der Waals surface area contributed by atoms with Gasteiger partial charge in [0.2, 0.25) is 5.91 Å². The number of benzene rings is 2. The molecule has 1 fully saturated rings. The summed E-state index contributed by atoms with van der Waals surface area (Å²) < 4.78 is 5.45. The first-order valence-corrected chi connectivity index (χ1v) is 12.4. The molecule has 3 aromatic rings. The fourth-order valence-corrected chi connectivity index (χ4v) is 4.48. The van der Waals surface area contributed by atoms with E-state index in [-0.39, 0.29) is 24.1 Å². The average molecular weight is 538 g/mol. The van der Waals surface area contributed by atoms with Crippen LogP contribution in [0.1, 0.15) is 28.9 Å². The summed E-state index contributed by atoms with van der Waals surface area (Å²) >= 11 is 6.10. The number of nitrogens with zero attached hydrogens (tertiary/aromatic N) is 2. The summed E-state index contributed by atoms with van der Waals surface area (Å²) in [6, 6.07) is 14.8. The van der Waals surface area contributed by atoms with Gasteiger partial charge >= 0.3 is 12.0 Å². The fraction of sp³-hybridized carbons (Fsp3) is 0.259. The lowest BCUT2D eigenvalue weighted by molar-refractivity contribution is -0.131. The minimum Gasteiger partial charge on any atom is -0.495 e. The van der Waals surface area contributed by atoms with E-state index in [9.17, 15) is 14.4 Å². The van der Waals surface area contributed by atoms with Crippen molar-refractivity contribution in [2.75, 3.05) is 36.1 Å². The first-order valence-electron chi connectivity index (χ1n) is 12.1. The first kappa shape index (κ1) is 26.7. The number of carboxylic acids is 1. The van der Waals surface area contributed by atoms with Crippen LogP contribution in [0.25, 0.3) is 0 Å². The van der Waals surface area contributed by atoms with Gasteiger partial charge in [-0.15, -0.1) is 0 Å². The second-order valence-electron chi connectivity index (χ2n) is 8.77. The number of aromatic nitrogens is 1. The van der Waals surface area contributed by atoms with Crippen molar-refractivity contribution in [2.24, 2.45) is 0 Å². The van der Waals surface area contributed by atoms with Crippen molar-refractivity contribution in [3.8, 4) is 5.75 Å². The lowest BCUT2D eigenvalue weighted by atomic mass is 10.1. The molecule has 0 spiro atoms. The summed E-state index contributed by atoms with van der Waals surface area (Å²) in [4.78, 5) is 42.3. The standard InChI is InChI=1S/C27H28ClN5O5/c1-38-24-13-17(8-10-22(24)32-27(37)31-21-7-3-2-6-20(21)28)14-25(34)33-12-4-5-19(33)16-29-18-9-11-23(26(35)36)30-15-18/h2-3,6-11,13,15,19,29H,4-5,12,14,16H2,1H3,(H,35,36)(H2,31,32,37). The van der Waals surface area contributed by atoms with E-state index >= 15 is 0 Å². The van der Waals surface area contributed by atoms with E-state index in [0.29, 0.717) is 40.9 Å². The van der Waals surface area contributed by atoms with Crippen LogP contribution in [0, 0.1) is 0 Å². The lowest BCUT2D eigenvalue weighted by Crippen LogP contribution is -2.40. The van der Waals surface area contributed by atoms with Crippen molar-refractivity contribution in [1.82, 2.24) is 9.88 Å². The molecule has 0 aliphatic carbocycles. The Hall–Kier alpha value is -4.31. The third-order valence-corrected chi connectivity index (χ3v) is 6.54. The van der Waals surface area contributed by atoms with Gasteiger partial charge in [-0.25, -0.2) is 14.6 Å². The Morgan fingerprint density at radius 2 is 1.89 bits per heavy atom. The van der Waals surface area contributed by atoms with Crippen LogP contribution in [0.15, 0.2) is 60.8 Å². The first-order chi connectivity index (χ1) is 18.3. The van der Waals surface area contributed by atoms with E-state index in [0.717, 1.165) is 18.4 Å². The highest BCUT2D eigenvalue weighted by molar-refractivity contribution is 6.33. The van der Waals surface area contributed by atoms with Gasteiger partial charge in [0.15, 0.2) is 0 Å². The van der Waals surface area contributed by atoms with Gasteiger partial charge in [0.05, 0.1) is 41.8 Å². The molecule has 4 rings (SSSR count). The number of carboxylic acid groups (broad SMARTS) is 1. The smallest absolute Gasteiger partial charge is 0.354 e. The second kappa shape index (κ2) is 12.3. The fourth-order valence-electron chi connectivity index (χ4n) is 4.30. The van der Waals surface area contributed by atoms with E-state index in [1.807, 2.05) is 4.90 Å². The van der Waals surface area contributed by atoms with E-state index in [1.54, 1.807) is 48.5 Å². The van der Waals surface area contributed by atoms with Gasteiger partial charge in [-0.3, -0.25) is 4.79 Å². The van der Waals surface area contributed by atoms with Gasteiger partial charge in [-0.1, -0.05) is 29.8 Å². The van der Waals surface area contributed by atoms with E-state index in [4.69, 9.17) is 21.4 Å². The number of ether oxygens (including phenoxy) is 1. The Morgan fingerprint density at radius 3 is 2.61 bits per heavy atom. The Balaban J connectivity index is 1.34. The van der Waals surface area contributed by atoms with Crippen LogP contribution in [-0.2, 0) is 11.2 Å². The number of likely N-dealkylation sites (tertiary alicyclic amines) is 1. The normalized spacial score (nSPS) is 14.6. The largest absolute Gasteiger partial charge is 0.495 e. The monoisotopic (exact) mass is 537 g/mol. The molecule has 0 radical (unpaired) electrons. The van der Waals surface area contributed by atoms with Crippen LogP contribution in [0.4, 0.5) is 21.9 Å². The quantitative estimate of drug-likeness (QED) is 0.310. The predicted octanol–water partition coefficient (Wildman–Crippen LogP) is 4.73. The number of para-hydroxylation sites is 1. The maximum Gasteiger partial charge on any atom is 0.354 e. The summed E-state index contributed by atoms with van der Waals surface area (Å²) in [5.41, 5.74) is 2.37. The minimum atomic E-state index is -1.08. The molecule has 1 aromatic heterocycles. The summed E-state index contributed by atoms with van der Waals surface area (Å²) in [6.07, 6.45) is 3.43. The van der Waals surface area contributed by atoms with Crippen molar-refractivity contribution in [1.29, 1.82) is 0 Å². The minimum absolute atomic E-state index is 0.00660. The Kier molecular flexibility index (Phi) is 8.65. The zero-order valence-electron chi connectivity index (χ0n) is 20.7. The average Bonchev–Trinajstić information content (AvgIpc) is 3.39. The van der Waals surface area contributed by atoms with Crippen LogP contribution >= 0.6 is 11.6 Å². The molecule has 4 N–H and O–H groups in total. The summed E-state index contributed by atoms with van der Waals surface area (Å²) in [6.45, 7) is 1.20. The number of nitrogens with one attached hydrogen (secondary N) is 3. The van der Waals surface area contributed by atoms with Crippen LogP contribution in [0.5, 0.6) is 5.75 Å². The summed E-state index contributed by atoms with van der Waals surface area (Å²) in [5.74, 6) is -0.653. The van der Waals surface area contributed by atoms with Crippen LogP contribution in [0.2, 0.25) is 5.02 Å². The number of amides is 3. The highest BCUT2D eigenvalue weighted by atomic mass is 35.5. The number of hydrogen-bond donors (Lipinski definition) is 4. The van der Waals surface area contributed by atoms with Crippen molar-refractivity contribution in [2.45, 2.75) is 25.3 Å². The number of anilines is 3. The molecule has 0 bridgehead atoms. The van der Waals surface area contributed by atoms with Crippen LogP contribution in [-0.4, -0.2) is 59.1 Å². The number of urea groups is 1. The zero-order chi connectivity index (χ0) is 27.1.